The van der Waals surface area contributed by atoms with Gasteiger partial charge < -0.3 is 10.6 Å². The zero-order valence-electron chi connectivity index (χ0n) is 11.9. The zero-order chi connectivity index (χ0) is 13.7. The number of benzene rings is 1. The molecule has 0 aliphatic heterocycles. The quantitative estimate of drug-likeness (QED) is 0.852. The van der Waals surface area contributed by atoms with Crippen LogP contribution in [0.4, 0.5) is 5.69 Å². The molecule has 2 nitrogen and oxygen atoms in total. The van der Waals surface area contributed by atoms with Crippen LogP contribution in [0.5, 0.6) is 0 Å². The molecule has 3 heteroatoms. The van der Waals surface area contributed by atoms with E-state index in [2.05, 4.69) is 38.8 Å². The molecular formula is C15H25ClN2. The Bertz CT molecular complexity index is 377. The summed E-state index contributed by atoms with van der Waals surface area (Å²) >= 11 is 6.36. The summed E-state index contributed by atoms with van der Waals surface area (Å²) in [5.41, 5.74) is 8.05. The topological polar surface area (TPSA) is 29.3 Å². The molecule has 1 aromatic carbocycles. The van der Waals surface area contributed by atoms with Gasteiger partial charge in [0, 0.05) is 13.1 Å². The predicted molar refractivity (Wildman–Crippen MR) is 81.5 cm³/mol. The molecule has 2 N–H and O–H groups in total. The van der Waals surface area contributed by atoms with Gasteiger partial charge in [0.1, 0.15) is 0 Å². The predicted octanol–water partition coefficient (Wildman–Crippen LogP) is 3.71. The van der Waals surface area contributed by atoms with Crippen molar-refractivity contribution < 1.29 is 0 Å². The van der Waals surface area contributed by atoms with Crippen LogP contribution in [0.15, 0.2) is 18.2 Å². The van der Waals surface area contributed by atoms with Gasteiger partial charge in [0.15, 0.2) is 0 Å². The highest BCUT2D eigenvalue weighted by atomic mass is 35.5. The number of hydrogen-bond donors (Lipinski definition) is 1. The van der Waals surface area contributed by atoms with Gasteiger partial charge in [0.2, 0.25) is 0 Å². The molecule has 0 aliphatic carbocycles. The van der Waals surface area contributed by atoms with E-state index < -0.39 is 0 Å². The van der Waals surface area contributed by atoms with Crippen molar-refractivity contribution in [2.45, 2.75) is 39.7 Å². The lowest BCUT2D eigenvalue weighted by atomic mass is 10.0. The van der Waals surface area contributed by atoms with E-state index in [9.17, 15) is 0 Å². The first-order valence-corrected chi connectivity index (χ1v) is 7.05. The third-order valence-electron chi connectivity index (χ3n) is 3.31. The normalized spacial score (nSPS) is 12.8. The van der Waals surface area contributed by atoms with Gasteiger partial charge in [-0.2, -0.15) is 0 Å². The Labute approximate surface area is 116 Å². The number of nitrogens with two attached hydrogens (primary N) is 1. The average Bonchev–Trinajstić information content (AvgIpc) is 2.28. The molecule has 0 aromatic heterocycles. The molecule has 1 aromatic rings. The van der Waals surface area contributed by atoms with E-state index >= 15 is 0 Å². The van der Waals surface area contributed by atoms with Crippen molar-refractivity contribution in [3.8, 4) is 0 Å². The maximum absolute atomic E-state index is 6.36. The van der Waals surface area contributed by atoms with Gasteiger partial charge in [-0.1, -0.05) is 37.6 Å². The molecule has 102 valence electrons. The Morgan fingerprint density at radius 1 is 1.28 bits per heavy atom. The van der Waals surface area contributed by atoms with E-state index in [0.29, 0.717) is 18.5 Å². The average molecular weight is 269 g/mol. The number of nitrogens with zero attached hydrogens (tertiary/aromatic N) is 1. The highest BCUT2D eigenvalue weighted by Gasteiger charge is 2.17. The summed E-state index contributed by atoms with van der Waals surface area (Å²) in [7, 11) is 2.12. The summed E-state index contributed by atoms with van der Waals surface area (Å²) in [6.07, 6.45) is 2.03. The lowest BCUT2D eigenvalue weighted by molar-refractivity contribution is 0.503. The third-order valence-corrected chi connectivity index (χ3v) is 3.62. The van der Waals surface area contributed by atoms with Crippen LogP contribution in [-0.4, -0.2) is 19.6 Å². The van der Waals surface area contributed by atoms with Gasteiger partial charge >= 0.3 is 0 Å². The Hall–Kier alpha value is -0.730. The highest BCUT2D eigenvalue weighted by molar-refractivity contribution is 6.33. The van der Waals surface area contributed by atoms with Gasteiger partial charge in [0.25, 0.3) is 0 Å². The summed E-state index contributed by atoms with van der Waals surface area (Å²) in [6.45, 7) is 7.39. The van der Waals surface area contributed by atoms with Gasteiger partial charge in [-0.25, -0.2) is 0 Å². The maximum Gasteiger partial charge on any atom is 0.0642 e. The zero-order valence-corrected chi connectivity index (χ0v) is 12.7. The van der Waals surface area contributed by atoms with E-state index in [0.717, 1.165) is 23.6 Å². The summed E-state index contributed by atoms with van der Waals surface area (Å²) < 4.78 is 0. The molecule has 0 saturated heterocycles. The van der Waals surface area contributed by atoms with Crippen molar-refractivity contribution in [1.82, 2.24) is 0 Å². The van der Waals surface area contributed by atoms with Crippen molar-refractivity contribution in [2.24, 2.45) is 11.7 Å². The van der Waals surface area contributed by atoms with E-state index in [1.54, 1.807) is 0 Å². The first-order chi connectivity index (χ1) is 8.47. The molecule has 0 bridgehead atoms. The van der Waals surface area contributed by atoms with Crippen LogP contribution >= 0.6 is 11.6 Å². The molecule has 18 heavy (non-hydrogen) atoms. The second-order valence-electron chi connectivity index (χ2n) is 5.38. The van der Waals surface area contributed by atoms with E-state index in [-0.39, 0.29) is 0 Å². The standard InChI is InChI=1S/C15H25ClN2/c1-11(2)10-12(3)18(4)15-13(8-9-17)6-5-7-14(15)16/h5-7,11-12H,8-10,17H2,1-4H3. The van der Waals surface area contributed by atoms with Crippen molar-refractivity contribution in [1.29, 1.82) is 0 Å². The van der Waals surface area contributed by atoms with Crippen LogP contribution in [0.2, 0.25) is 5.02 Å². The minimum atomic E-state index is 0.474. The summed E-state index contributed by atoms with van der Waals surface area (Å²) in [4.78, 5) is 2.29. The molecule has 0 heterocycles. The number of halogens is 1. The Morgan fingerprint density at radius 2 is 1.94 bits per heavy atom. The highest BCUT2D eigenvalue weighted by Crippen LogP contribution is 2.31. The van der Waals surface area contributed by atoms with Crippen molar-refractivity contribution in [3.05, 3.63) is 28.8 Å². The number of anilines is 1. The summed E-state index contributed by atoms with van der Waals surface area (Å²) in [6, 6.07) is 6.54. The number of hydrogen-bond acceptors (Lipinski definition) is 2. The van der Waals surface area contributed by atoms with E-state index in [1.807, 2.05) is 12.1 Å². The lowest BCUT2D eigenvalue weighted by Crippen LogP contribution is -2.31. The molecule has 0 aliphatic rings. The first kappa shape index (κ1) is 15.3. The fourth-order valence-corrected chi connectivity index (χ4v) is 2.70. The van der Waals surface area contributed by atoms with Crippen molar-refractivity contribution >= 4 is 17.3 Å². The second kappa shape index (κ2) is 7.01. The van der Waals surface area contributed by atoms with Crippen LogP contribution in [0.25, 0.3) is 0 Å². The van der Waals surface area contributed by atoms with Gasteiger partial charge in [-0.15, -0.1) is 0 Å². The minimum Gasteiger partial charge on any atom is -0.370 e. The first-order valence-electron chi connectivity index (χ1n) is 6.67. The van der Waals surface area contributed by atoms with E-state index in [1.165, 1.54) is 5.56 Å². The van der Waals surface area contributed by atoms with Crippen molar-refractivity contribution in [2.75, 3.05) is 18.5 Å². The fourth-order valence-electron chi connectivity index (χ4n) is 2.37. The number of para-hydroxylation sites is 1. The van der Waals surface area contributed by atoms with Crippen molar-refractivity contribution in [3.63, 3.8) is 0 Å². The Balaban J connectivity index is 2.99. The van der Waals surface area contributed by atoms with Crippen LogP contribution in [-0.2, 0) is 6.42 Å². The molecule has 0 fully saturated rings. The molecule has 0 amide bonds. The lowest BCUT2D eigenvalue weighted by Gasteiger charge is -2.31. The Morgan fingerprint density at radius 3 is 2.50 bits per heavy atom. The van der Waals surface area contributed by atoms with Gasteiger partial charge in [-0.3, -0.25) is 0 Å². The summed E-state index contributed by atoms with van der Waals surface area (Å²) in [5.74, 6) is 0.683. The smallest absolute Gasteiger partial charge is 0.0642 e. The van der Waals surface area contributed by atoms with Crippen LogP contribution < -0.4 is 10.6 Å². The Kier molecular flexibility index (Phi) is 5.97. The molecule has 1 unspecified atom stereocenters. The second-order valence-corrected chi connectivity index (χ2v) is 5.78. The molecular weight excluding hydrogens is 244 g/mol. The molecule has 1 atom stereocenters. The molecule has 0 radical (unpaired) electrons. The largest absolute Gasteiger partial charge is 0.370 e. The van der Waals surface area contributed by atoms with E-state index in [4.69, 9.17) is 17.3 Å². The molecule has 0 spiro atoms. The van der Waals surface area contributed by atoms with Crippen LogP contribution in [0.3, 0.4) is 0 Å². The maximum atomic E-state index is 6.36. The molecule has 0 saturated carbocycles. The number of rotatable bonds is 6. The molecule has 1 rings (SSSR count). The fraction of sp³-hybridized carbons (Fsp3) is 0.600. The summed E-state index contributed by atoms with van der Waals surface area (Å²) in [5, 5.41) is 0.819. The SMILES string of the molecule is CC(C)CC(C)N(C)c1c(Cl)cccc1CCN. The van der Waals surface area contributed by atoms with Gasteiger partial charge in [0.05, 0.1) is 10.7 Å². The van der Waals surface area contributed by atoms with Gasteiger partial charge in [-0.05, 0) is 43.9 Å². The third kappa shape index (κ3) is 3.89. The monoisotopic (exact) mass is 268 g/mol. The minimum absolute atomic E-state index is 0.474. The van der Waals surface area contributed by atoms with Crippen LogP contribution in [0.1, 0.15) is 32.8 Å². The van der Waals surface area contributed by atoms with Crippen LogP contribution in [0, 0.1) is 5.92 Å².